The van der Waals surface area contributed by atoms with Crippen LogP contribution >= 0.6 is 43.5 Å². The van der Waals surface area contributed by atoms with Crippen LogP contribution in [0.5, 0.6) is 5.75 Å². The maximum Gasteiger partial charge on any atom is 0.339 e. The topological polar surface area (TPSA) is 62.7 Å². The van der Waals surface area contributed by atoms with Crippen LogP contribution in [0.15, 0.2) is 74.7 Å². The van der Waals surface area contributed by atoms with E-state index in [1.807, 2.05) is 61.5 Å². The number of hydrogen-bond donors (Lipinski definition) is 2. The molecule has 30 heavy (non-hydrogen) atoms. The molecule has 0 heterocycles. The van der Waals surface area contributed by atoms with Crippen LogP contribution in [0.3, 0.4) is 0 Å². The average molecular weight is 552 g/mol. The molecule has 0 aliphatic heterocycles. The van der Waals surface area contributed by atoms with Gasteiger partial charge in [-0.05, 0) is 69.9 Å². The maximum atomic E-state index is 12.0. The zero-order valence-electron chi connectivity index (χ0n) is 16.0. The first-order valence-corrected chi connectivity index (χ1v) is 10.9. The van der Waals surface area contributed by atoms with E-state index in [4.69, 9.17) is 16.3 Å². The lowest BCUT2D eigenvalue weighted by Crippen LogP contribution is -2.24. The summed E-state index contributed by atoms with van der Waals surface area (Å²) in [7, 11) is 0. The molecule has 0 aromatic heterocycles. The fraction of sp³-hybridized carbons (Fsp3) is 0.0909. The zero-order valence-corrected chi connectivity index (χ0v) is 19.9. The number of para-hydroxylation sites is 1. The number of hydrazone groups is 1. The third-order valence-electron chi connectivity index (χ3n) is 4.09. The summed E-state index contributed by atoms with van der Waals surface area (Å²) >= 11 is 13.3. The number of hydrogen-bond acceptors (Lipinski definition) is 3. The molecule has 2 N–H and O–H groups in total. The minimum Gasteiger partial charge on any atom is -0.486 e. The van der Waals surface area contributed by atoms with E-state index in [2.05, 4.69) is 47.7 Å². The molecule has 5 nitrogen and oxygen atoms in total. The van der Waals surface area contributed by atoms with Gasteiger partial charge in [-0.1, -0.05) is 57.9 Å². The van der Waals surface area contributed by atoms with Gasteiger partial charge in [-0.15, -0.1) is 0 Å². The minimum absolute atomic E-state index is 0.389. The predicted octanol–water partition coefficient (Wildman–Crippen LogP) is 6.91. The van der Waals surface area contributed by atoms with Gasteiger partial charge in [0.1, 0.15) is 6.61 Å². The number of anilines is 1. The highest BCUT2D eigenvalue weighted by atomic mass is 79.9. The van der Waals surface area contributed by atoms with Crippen molar-refractivity contribution in [1.82, 2.24) is 5.43 Å². The molecule has 0 aliphatic carbocycles. The smallest absolute Gasteiger partial charge is 0.339 e. The summed E-state index contributed by atoms with van der Waals surface area (Å²) in [6, 6.07) is 18.5. The number of benzene rings is 3. The second-order valence-electron chi connectivity index (χ2n) is 6.37. The number of aryl methyl sites for hydroxylation is 1. The second kappa shape index (κ2) is 10.6. The number of amides is 2. The summed E-state index contributed by atoms with van der Waals surface area (Å²) in [5, 5.41) is 7.15. The Morgan fingerprint density at radius 1 is 1.13 bits per heavy atom. The Hall–Kier alpha value is -2.35. The molecule has 0 unspecified atom stereocenters. The third-order valence-corrected chi connectivity index (χ3v) is 5.49. The molecule has 3 aromatic rings. The molecule has 0 spiro atoms. The van der Waals surface area contributed by atoms with Gasteiger partial charge in [0.2, 0.25) is 0 Å². The Balaban J connectivity index is 1.59. The summed E-state index contributed by atoms with van der Waals surface area (Å²) in [5.74, 6) is 0.544. The molecule has 0 radical (unpaired) electrons. The Morgan fingerprint density at radius 2 is 1.87 bits per heavy atom. The Bertz CT molecular complexity index is 1050. The molecule has 0 saturated heterocycles. The number of ether oxygens (including phenoxy) is 1. The summed E-state index contributed by atoms with van der Waals surface area (Å²) in [6.45, 7) is 2.30. The van der Waals surface area contributed by atoms with Gasteiger partial charge in [0.05, 0.1) is 15.7 Å². The third kappa shape index (κ3) is 6.32. The Morgan fingerprint density at radius 3 is 2.57 bits per heavy atom. The molecule has 0 atom stereocenters. The van der Waals surface area contributed by atoms with Crippen molar-refractivity contribution in [3.63, 3.8) is 0 Å². The fourth-order valence-corrected chi connectivity index (χ4v) is 3.81. The second-order valence-corrected chi connectivity index (χ2v) is 8.55. The van der Waals surface area contributed by atoms with Crippen molar-refractivity contribution < 1.29 is 9.53 Å². The van der Waals surface area contributed by atoms with Gasteiger partial charge in [-0.3, -0.25) is 0 Å². The van der Waals surface area contributed by atoms with Gasteiger partial charge in [-0.2, -0.15) is 5.10 Å². The van der Waals surface area contributed by atoms with Gasteiger partial charge in [0, 0.05) is 10.2 Å². The molecular formula is C22H18Br2ClN3O2. The number of rotatable bonds is 6. The first-order chi connectivity index (χ1) is 14.4. The van der Waals surface area contributed by atoms with Crippen molar-refractivity contribution in [1.29, 1.82) is 0 Å². The van der Waals surface area contributed by atoms with E-state index in [9.17, 15) is 4.79 Å². The van der Waals surface area contributed by atoms with E-state index in [0.717, 1.165) is 21.3 Å². The van der Waals surface area contributed by atoms with Crippen LogP contribution in [0.2, 0.25) is 5.02 Å². The average Bonchev–Trinajstić information content (AvgIpc) is 2.70. The van der Waals surface area contributed by atoms with Crippen molar-refractivity contribution in [3.8, 4) is 5.75 Å². The van der Waals surface area contributed by atoms with Crippen molar-refractivity contribution in [3.05, 3.63) is 91.3 Å². The van der Waals surface area contributed by atoms with Crippen LogP contribution in [0, 0.1) is 6.92 Å². The molecule has 3 rings (SSSR count). The SMILES string of the molecule is Cc1ccccc1NC(=O)NN=Cc1cc(Cl)c(OCc2ccc(Br)cc2)c(Br)c1. The Kier molecular flexibility index (Phi) is 7.90. The molecule has 0 saturated carbocycles. The summed E-state index contributed by atoms with van der Waals surface area (Å²) in [5.41, 5.74) is 5.86. The lowest BCUT2D eigenvalue weighted by atomic mass is 10.2. The number of nitrogens with one attached hydrogen (secondary N) is 2. The van der Waals surface area contributed by atoms with Crippen LogP contribution in [0.4, 0.5) is 10.5 Å². The van der Waals surface area contributed by atoms with Gasteiger partial charge in [0.15, 0.2) is 5.75 Å². The highest BCUT2D eigenvalue weighted by Crippen LogP contribution is 2.34. The fourth-order valence-electron chi connectivity index (χ4n) is 2.56. The van der Waals surface area contributed by atoms with Gasteiger partial charge >= 0.3 is 6.03 Å². The highest BCUT2D eigenvalue weighted by Gasteiger charge is 2.10. The van der Waals surface area contributed by atoms with Crippen LogP contribution < -0.4 is 15.5 Å². The van der Waals surface area contributed by atoms with Crippen LogP contribution in [0.1, 0.15) is 16.7 Å². The molecule has 3 aromatic carbocycles. The van der Waals surface area contributed by atoms with Crippen LogP contribution in [-0.2, 0) is 6.61 Å². The Labute approximate surface area is 196 Å². The number of halogens is 3. The van der Waals surface area contributed by atoms with Crippen molar-refractivity contribution in [2.45, 2.75) is 13.5 Å². The van der Waals surface area contributed by atoms with E-state index in [0.29, 0.717) is 27.4 Å². The molecular weight excluding hydrogens is 534 g/mol. The first-order valence-electron chi connectivity index (χ1n) is 8.94. The molecule has 0 fully saturated rings. The predicted molar refractivity (Wildman–Crippen MR) is 129 cm³/mol. The zero-order chi connectivity index (χ0) is 21.5. The number of urea groups is 1. The maximum absolute atomic E-state index is 12.0. The van der Waals surface area contributed by atoms with Crippen LogP contribution in [-0.4, -0.2) is 12.2 Å². The summed E-state index contributed by atoms with van der Waals surface area (Å²) < 4.78 is 7.55. The molecule has 0 aliphatic rings. The number of nitrogens with zero attached hydrogens (tertiary/aromatic N) is 1. The van der Waals surface area contributed by atoms with E-state index < -0.39 is 6.03 Å². The van der Waals surface area contributed by atoms with Crippen LogP contribution in [0.25, 0.3) is 0 Å². The van der Waals surface area contributed by atoms with Crippen molar-refractivity contribution in [2.24, 2.45) is 5.10 Å². The number of carbonyl (C=O) groups is 1. The first kappa shape index (κ1) is 22.3. The monoisotopic (exact) mass is 549 g/mol. The number of carbonyl (C=O) groups excluding carboxylic acids is 1. The quantitative estimate of drug-likeness (QED) is 0.258. The lowest BCUT2D eigenvalue weighted by Gasteiger charge is -2.11. The normalized spacial score (nSPS) is 10.8. The molecule has 8 heteroatoms. The van der Waals surface area contributed by atoms with E-state index in [1.54, 1.807) is 6.07 Å². The minimum atomic E-state index is -0.430. The van der Waals surface area contributed by atoms with E-state index in [1.165, 1.54) is 6.21 Å². The molecule has 0 bridgehead atoms. The lowest BCUT2D eigenvalue weighted by molar-refractivity contribution is 0.252. The highest BCUT2D eigenvalue weighted by molar-refractivity contribution is 9.10. The van der Waals surface area contributed by atoms with Crippen molar-refractivity contribution >= 4 is 61.4 Å². The van der Waals surface area contributed by atoms with E-state index in [-0.39, 0.29) is 0 Å². The standard InChI is InChI=1S/C22H18Br2ClN3O2/c1-14-4-2-3-5-20(14)27-22(29)28-26-12-16-10-18(24)21(19(25)11-16)30-13-15-6-8-17(23)9-7-15/h2-12H,13H2,1H3,(H2,27,28,29). The van der Waals surface area contributed by atoms with Gasteiger partial charge in [0.25, 0.3) is 0 Å². The molecule has 2 amide bonds. The molecule has 154 valence electrons. The van der Waals surface area contributed by atoms with Gasteiger partial charge in [-0.25, -0.2) is 10.2 Å². The van der Waals surface area contributed by atoms with Crippen molar-refractivity contribution in [2.75, 3.05) is 5.32 Å². The summed E-state index contributed by atoms with van der Waals surface area (Å²) in [6.07, 6.45) is 1.51. The van der Waals surface area contributed by atoms with Gasteiger partial charge < -0.3 is 10.1 Å². The van der Waals surface area contributed by atoms with E-state index >= 15 is 0 Å². The summed E-state index contributed by atoms with van der Waals surface area (Å²) in [4.78, 5) is 12.0. The largest absolute Gasteiger partial charge is 0.486 e.